The van der Waals surface area contributed by atoms with E-state index in [1.54, 1.807) is 30.3 Å². The monoisotopic (exact) mass is 239 g/mol. The molecule has 88 valence electrons. The molecular weight excluding hydrogens is 230 g/mol. The fourth-order valence-electron chi connectivity index (χ4n) is 2.13. The Labute approximate surface area is 104 Å². The van der Waals surface area contributed by atoms with Gasteiger partial charge in [0.1, 0.15) is 11.8 Å². The number of carbonyl (C=O) groups is 2. The fourth-order valence-corrected chi connectivity index (χ4v) is 2.13. The maximum Gasteiger partial charge on any atom is 0.244 e. The maximum absolute atomic E-state index is 11.6. The molecule has 5 heteroatoms. The van der Waals surface area contributed by atoms with Gasteiger partial charge < -0.3 is 0 Å². The predicted molar refractivity (Wildman–Crippen MR) is 60.5 cm³/mol. The molecule has 1 aromatic carbocycles. The Morgan fingerprint density at radius 2 is 1.44 bits per heavy atom. The lowest BCUT2D eigenvalue weighted by molar-refractivity contribution is -0.137. The highest BCUT2D eigenvalue weighted by atomic mass is 16.2. The molecular formula is C13H9N3O2. The normalized spacial score (nSPS) is 23.9. The van der Waals surface area contributed by atoms with Gasteiger partial charge in [-0.1, -0.05) is 30.3 Å². The molecule has 1 fully saturated rings. The smallest absolute Gasteiger partial charge is 0.244 e. The lowest BCUT2D eigenvalue weighted by Gasteiger charge is -2.29. The molecule has 0 unspecified atom stereocenters. The van der Waals surface area contributed by atoms with Crippen LogP contribution in [-0.4, -0.2) is 11.8 Å². The summed E-state index contributed by atoms with van der Waals surface area (Å²) >= 11 is 0. The first kappa shape index (κ1) is 11.8. The van der Waals surface area contributed by atoms with Gasteiger partial charge in [0.05, 0.1) is 12.1 Å². The zero-order valence-corrected chi connectivity index (χ0v) is 9.33. The molecule has 0 saturated carbocycles. The topological polar surface area (TPSA) is 93.8 Å². The lowest BCUT2D eigenvalue weighted by Crippen LogP contribution is -2.49. The number of nitriles is 2. The number of nitrogens with one attached hydrogen (secondary N) is 1. The highest BCUT2D eigenvalue weighted by molar-refractivity contribution is 6.03. The van der Waals surface area contributed by atoms with Gasteiger partial charge in [-0.05, 0) is 5.56 Å². The van der Waals surface area contributed by atoms with Crippen LogP contribution in [0.3, 0.4) is 0 Å². The molecule has 1 aliphatic rings. The van der Waals surface area contributed by atoms with E-state index in [-0.39, 0.29) is 0 Å². The van der Waals surface area contributed by atoms with Gasteiger partial charge in [0.25, 0.3) is 0 Å². The first-order valence-corrected chi connectivity index (χ1v) is 5.38. The number of piperidine rings is 1. The van der Waals surface area contributed by atoms with Crippen molar-refractivity contribution in [3.05, 3.63) is 35.9 Å². The average molecular weight is 239 g/mol. The molecule has 2 rings (SSSR count). The van der Waals surface area contributed by atoms with Gasteiger partial charge in [-0.2, -0.15) is 10.5 Å². The highest BCUT2D eigenvalue weighted by Gasteiger charge is 2.44. The first-order chi connectivity index (χ1) is 8.69. The first-order valence-electron chi connectivity index (χ1n) is 5.38. The van der Waals surface area contributed by atoms with E-state index in [0.717, 1.165) is 0 Å². The van der Waals surface area contributed by atoms with Crippen molar-refractivity contribution in [2.24, 2.45) is 11.8 Å². The Kier molecular flexibility index (Phi) is 3.07. The molecule has 1 aromatic rings. The van der Waals surface area contributed by atoms with Crippen molar-refractivity contribution in [2.45, 2.75) is 5.92 Å². The Morgan fingerprint density at radius 1 is 0.944 bits per heavy atom. The molecule has 0 bridgehead atoms. The summed E-state index contributed by atoms with van der Waals surface area (Å²) in [6.45, 7) is 0. The molecule has 1 heterocycles. The van der Waals surface area contributed by atoms with Crippen molar-refractivity contribution in [2.75, 3.05) is 0 Å². The summed E-state index contributed by atoms with van der Waals surface area (Å²) in [6.07, 6.45) is 0. The van der Waals surface area contributed by atoms with Crippen LogP contribution >= 0.6 is 0 Å². The van der Waals surface area contributed by atoms with E-state index < -0.39 is 29.6 Å². The van der Waals surface area contributed by atoms with Crippen molar-refractivity contribution in [3.8, 4) is 12.1 Å². The standard InChI is InChI=1S/C13H9N3O2/c14-6-9-11(8-4-2-1-3-5-8)10(7-15)13(18)16-12(9)17/h1-5,9-11H,(H,16,17,18)/t9-,10-/m1/s1. The SMILES string of the molecule is N#C[C@H]1C(=O)NC(=O)[C@H](C#N)C1c1ccccc1. The van der Waals surface area contributed by atoms with Crippen LogP contribution in [0.2, 0.25) is 0 Å². The molecule has 1 N–H and O–H groups in total. The summed E-state index contributed by atoms with van der Waals surface area (Å²) in [4.78, 5) is 23.2. The second-order valence-corrected chi connectivity index (χ2v) is 4.00. The number of hydrogen-bond donors (Lipinski definition) is 1. The number of nitrogens with zero attached hydrogens (tertiary/aromatic N) is 2. The number of carbonyl (C=O) groups excluding carboxylic acids is 2. The zero-order valence-electron chi connectivity index (χ0n) is 9.33. The maximum atomic E-state index is 11.6. The number of amides is 2. The zero-order chi connectivity index (χ0) is 13.1. The minimum Gasteiger partial charge on any atom is -0.294 e. The van der Waals surface area contributed by atoms with E-state index in [9.17, 15) is 9.59 Å². The summed E-state index contributed by atoms with van der Waals surface area (Å²) < 4.78 is 0. The minimum atomic E-state index is -1.02. The van der Waals surface area contributed by atoms with Gasteiger partial charge >= 0.3 is 0 Å². The molecule has 0 aromatic heterocycles. The van der Waals surface area contributed by atoms with E-state index in [1.807, 2.05) is 12.1 Å². The Balaban J connectivity index is 2.50. The van der Waals surface area contributed by atoms with Crippen molar-refractivity contribution in [1.82, 2.24) is 5.32 Å². The van der Waals surface area contributed by atoms with Crippen LogP contribution in [0.25, 0.3) is 0 Å². The second-order valence-electron chi connectivity index (χ2n) is 4.00. The molecule has 1 saturated heterocycles. The van der Waals surface area contributed by atoms with Crippen LogP contribution in [0.4, 0.5) is 0 Å². The predicted octanol–water partition coefficient (Wildman–Crippen LogP) is 0.706. The van der Waals surface area contributed by atoms with Crippen LogP contribution in [-0.2, 0) is 9.59 Å². The molecule has 5 nitrogen and oxygen atoms in total. The van der Waals surface area contributed by atoms with E-state index in [4.69, 9.17) is 10.5 Å². The summed E-state index contributed by atoms with van der Waals surface area (Å²) in [6, 6.07) is 12.4. The Morgan fingerprint density at radius 3 is 1.89 bits per heavy atom. The molecule has 2 atom stereocenters. The average Bonchev–Trinajstić information content (AvgIpc) is 2.39. The van der Waals surface area contributed by atoms with Crippen LogP contribution in [0.15, 0.2) is 30.3 Å². The third kappa shape index (κ3) is 1.83. The Bertz CT molecular complexity index is 536. The van der Waals surface area contributed by atoms with Gasteiger partial charge in [0.15, 0.2) is 0 Å². The number of rotatable bonds is 1. The third-order valence-electron chi connectivity index (χ3n) is 2.99. The van der Waals surface area contributed by atoms with Crippen LogP contribution in [0.5, 0.6) is 0 Å². The Hall–Kier alpha value is -2.66. The van der Waals surface area contributed by atoms with Crippen LogP contribution < -0.4 is 5.32 Å². The second kappa shape index (κ2) is 4.68. The molecule has 0 spiro atoms. The molecule has 0 radical (unpaired) electrons. The highest BCUT2D eigenvalue weighted by Crippen LogP contribution is 2.35. The van der Waals surface area contributed by atoms with Gasteiger partial charge in [0, 0.05) is 5.92 Å². The molecule has 18 heavy (non-hydrogen) atoms. The van der Waals surface area contributed by atoms with Crippen molar-refractivity contribution in [3.63, 3.8) is 0 Å². The van der Waals surface area contributed by atoms with E-state index >= 15 is 0 Å². The van der Waals surface area contributed by atoms with Crippen LogP contribution in [0.1, 0.15) is 11.5 Å². The summed E-state index contributed by atoms with van der Waals surface area (Å²) in [5, 5.41) is 20.2. The van der Waals surface area contributed by atoms with Gasteiger partial charge in [-0.3, -0.25) is 14.9 Å². The number of hydrogen-bond acceptors (Lipinski definition) is 4. The van der Waals surface area contributed by atoms with Crippen LogP contribution in [0, 0.1) is 34.5 Å². The van der Waals surface area contributed by atoms with Crippen molar-refractivity contribution < 1.29 is 9.59 Å². The van der Waals surface area contributed by atoms with E-state index in [0.29, 0.717) is 5.56 Å². The molecule has 0 aliphatic carbocycles. The quantitative estimate of drug-likeness (QED) is 0.730. The largest absolute Gasteiger partial charge is 0.294 e. The van der Waals surface area contributed by atoms with Crippen molar-refractivity contribution >= 4 is 11.8 Å². The summed E-state index contributed by atoms with van der Waals surface area (Å²) in [7, 11) is 0. The fraction of sp³-hybridized carbons (Fsp3) is 0.231. The summed E-state index contributed by atoms with van der Waals surface area (Å²) in [5.41, 5.74) is 0.652. The van der Waals surface area contributed by atoms with E-state index in [1.165, 1.54) is 0 Å². The molecule has 2 amide bonds. The van der Waals surface area contributed by atoms with Gasteiger partial charge in [-0.25, -0.2) is 0 Å². The number of benzene rings is 1. The third-order valence-corrected chi connectivity index (χ3v) is 2.99. The van der Waals surface area contributed by atoms with Crippen molar-refractivity contribution in [1.29, 1.82) is 10.5 Å². The van der Waals surface area contributed by atoms with Gasteiger partial charge in [0.2, 0.25) is 11.8 Å². The van der Waals surface area contributed by atoms with E-state index in [2.05, 4.69) is 5.32 Å². The minimum absolute atomic E-state index is 0.636. The summed E-state index contributed by atoms with van der Waals surface area (Å²) in [5.74, 6) is -4.02. The molecule has 1 aliphatic heterocycles. The van der Waals surface area contributed by atoms with Gasteiger partial charge in [-0.15, -0.1) is 0 Å². The lowest BCUT2D eigenvalue weighted by atomic mass is 9.74. The number of imide groups is 1.